The highest BCUT2D eigenvalue weighted by Gasteiger charge is 2.30. The van der Waals surface area contributed by atoms with Gasteiger partial charge in [-0.3, -0.25) is 24.4 Å². The molecular weight excluding hydrogens is 558 g/mol. The van der Waals surface area contributed by atoms with Gasteiger partial charge in [0.1, 0.15) is 18.1 Å². The highest BCUT2D eigenvalue weighted by Crippen LogP contribution is 2.08. The lowest BCUT2D eigenvalue weighted by atomic mass is 10.0. The van der Waals surface area contributed by atoms with Crippen LogP contribution in [0.1, 0.15) is 50.5 Å². The van der Waals surface area contributed by atoms with Gasteiger partial charge in [0.15, 0.2) is 11.9 Å². The van der Waals surface area contributed by atoms with E-state index >= 15 is 0 Å². The minimum atomic E-state index is -1.20. The molecule has 1 aromatic carbocycles. The van der Waals surface area contributed by atoms with Crippen molar-refractivity contribution in [3.63, 3.8) is 0 Å². The summed E-state index contributed by atoms with van der Waals surface area (Å²) in [7, 11) is 0. The molecule has 240 valence electrons. The van der Waals surface area contributed by atoms with Crippen molar-refractivity contribution < 1.29 is 24.3 Å². The number of rotatable bonds is 21. The number of unbranched alkanes of at least 4 members (excludes halogenated alkanes) is 1. The van der Waals surface area contributed by atoms with E-state index in [1.807, 2.05) is 0 Å². The molecule has 0 aliphatic carbocycles. The lowest BCUT2D eigenvalue weighted by Gasteiger charge is -2.25. The monoisotopic (exact) mass is 605 g/mol. The molecule has 1 rings (SSSR count). The van der Waals surface area contributed by atoms with Crippen molar-refractivity contribution in [3.8, 4) is 0 Å². The standard InChI is InChI=1S/C27H47N11O5/c28-13-5-4-11-20(25(42)43)37-24(41)21(16-17-8-2-1-3-9-17)38-23(40)19(12-7-15-35-27(32)33)36-22(39)18(29)10-6-14-34-26(30)31/h1-3,8-9,18-21H,4-7,10-16,28-29H2,(H,36,39)(H,37,41)(H,38,40)(H,42,43)(H4,30,31,34)(H4,32,33,35)/t18-,19-,20-,21-/m0/s1. The summed E-state index contributed by atoms with van der Waals surface area (Å²) in [5.74, 6) is -3.31. The van der Waals surface area contributed by atoms with Gasteiger partial charge >= 0.3 is 5.97 Å². The number of nitrogens with two attached hydrogens (primary N) is 6. The minimum Gasteiger partial charge on any atom is -0.480 e. The van der Waals surface area contributed by atoms with Gasteiger partial charge in [-0.05, 0) is 57.1 Å². The van der Waals surface area contributed by atoms with Gasteiger partial charge in [-0.1, -0.05) is 30.3 Å². The molecule has 1 aromatic rings. The van der Waals surface area contributed by atoms with Crippen LogP contribution in [0.3, 0.4) is 0 Å². The Bertz CT molecular complexity index is 1080. The number of aliphatic imine (C=N–C) groups is 2. The maximum absolute atomic E-state index is 13.5. The van der Waals surface area contributed by atoms with E-state index < -0.39 is 47.9 Å². The zero-order chi connectivity index (χ0) is 32.2. The van der Waals surface area contributed by atoms with Crippen LogP contribution < -0.4 is 50.4 Å². The number of benzene rings is 1. The molecule has 0 unspecified atom stereocenters. The van der Waals surface area contributed by atoms with Crippen molar-refractivity contribution in [2.45, 2.75) is 75.5 Å². The zero-order valence-electron chi connectivity index (χ0n) is 24.4. The summed E-state index contributed by atoms with van der Waals surface area (Å²) in [5.41, 5.74) is 33.6. The molecule has 0 aromatic heterocycles. The fourth-order valence-corrected chi connectivity index (χ4v) is 4.06. The summed E-state index contributed by atoms with van der Waals surface area (Å²) in [6.45, 7) is 0.873. The summed E-state index contributed by atoms with van der Waals surface area (Å²) < 4.78 is 0. The van der Waals surface area contributed by atoms with Crippen LogP contribution in [0.25, 0.3) is 0 Å². The van der Waals surface area contributed by atoms with Crippen LogP contribution in [0.15, 0.2) is 40.3 Å². The Morgan fingerprint density at radius 3 is 1.77 bits per heavy atom. The Balaban J connectivity index is 3.10. The van der Waals surface area contributed by atoms with Gasteiger partial charge < -0.3 is 55.5 Å². The molecule has 0 fully saturated rings. The molecule has 43 heavy (non-hydrogen) atoms. The number of guanidine groups is 2. The fourth-order valence-electron chi connectivity index (χ4n) is 4.06. The van der Waals surface area contributed by atoms with E-state index in [-0.39, 0.29) is 50.7 Å². The molecule has 0 bridgehead atoms. The highest BCUT2D eigenvalue weighted by molar-refractivity contribution is 5.94. The summed E-state index contributed by atoms with van der Waals surface area (Å²) >= 11 is 0. The van der Waals surface area contributed by atoms with Gasteiger partial charge in [-0.15, -0.1) is 0 Å². The molecule has 0 saturated heterocycles. The molecule has 16 heteroatoms. The Kier molecular flexibility index (Phi) is 17.4. The SMILES string of the molecule is NCCCC[C@H](NC(=O)[C@H](Cc1ccccc1)NC(=O)[C@H](CCCN=C(N)N)NC(=O)[C@@H](N)CCCN=C(N)N)C(=O)O. The lowest BCUT2D eigenvalue weighted by molar-refractivity contribution is -0.142. The van der Waals surface area contributed by atoms with Crippen LogP contribution in [-0.2, 0) is 25.6 Å². The largest absolute Gasteiger partial charge is 0.480 e. The average molecular weight is 606 g/mol. The second-order valence-electron chi connectivity index (χ2n) is 10.0. The van der Waals surface area contributed by atoms with E-state index in [0.29, 0.717) is 32.2 Å². The summed E-state index contributed by atoms with van der Waals surface area (Å²) in [6, 6.07) is 4.57. The van der Waals surface area contributed by atoms with E-state index in [4.69, 9.17) is 34.4 Å². The summed E-state index contributed by atoms with van der Waals surface area (Å²) in [4.78, 5) is 59.2. The number of nitrogens with one attached hydrogen (secondary N) is 3. The minimum absolute atomic E-state index is 0.0742. The molecule has 16 nitrogen and oxygen atoms in total. The van der Waals surface area contributed by atoms with E-state index in [9.17, 15) is 24.3 Å². The molecule has 0 heterocycles. The van der Waals surface area contributed by atoms with Gasteiger partial charge in [0.05, 0.1) is 6.04 Å². The molecule has 0 aliphatic rings. The number of amides is 3. The quantitative estimate of drug-likeness (QED) is 0.0391. The van der Waals surface area contributed by atoms with Crippen LogP contribution >= 0.6 is 0 Å². The first-order valence-electron chi connectivity index (χ1n) is 14.2. The number of hydrogen-bond acceptors (Lipinski definition) is 8. The van der Waals surface area contributed by atoms with Crippen molar-refractivity contribution >= 4 is 35.6 Å². The van der Waals surface area contributed by atoms with Gasteiger partial charge in [0, 0.05) is 19.5 Å². The van der Waals surface area contributed by atoms with Crippen molar-refractivity contribution in [2.75, 3.05) is 19.6 Å². The number of carboxylic acids is 1. The number of carboxylic acid groups (broad SMARTS) is 1. The molecule has 16 N–H and O–H groups in total. The van der Waals surface area contributed by atoms with Crippen molar-refractivity contribution in [1.29, 1.82) is 0 Å². The molecule has 0 saturated carbocycles. The third-order valence-electron chi connectivity index (χ3n) is 6.36. The molecule has 4 atom stereocenters. The molecule has 0 aliphatic heterocycles. The summed E-state index contributed by atoms with van der Waals surface area (Å²) in [5, 5.41) is 17.5. The van der Waals surface area contributed by atoms with E-state index in [0.717, 1.165) is 5.56 Å². The summed E-state index contributed by atoms with van der Waals surface area (Å²) in [6.07, 6.45) is 2.50. The Morgan fingerprint density at radius 2 is 1.21 bits per heavy atom. The smallest absolute Gasteiger partial charge is 0.326 e. The number of carbonyl (C=O) groups is 4. The Morgan fingerprint density at radius 1 is 0.698 bits per heavy atom. The first-order chi connectivity index (χ1) is 20.4. The first kappa shape index (κ1) is 36.6. The van der Waals surface area contributed by atoms with Crippen LogP contribution in [0.5, 0.6) is 0 Å². The second kappa shape index (κ2) is 20.4. The van der Waals surface area contributed by atoms with Crippen molar-refractivity contribution in [3.05, 3.63) is 35.9 Å². The number of aliphatic carboxylic acids is 1. The number of nitrogens with zero attached hydrogens (tertiary/aromatic N) is 2. The maximum atomic E-state index is 13.5. The topological polar surface area (TPSA) is 305 Å². The Labute approximate surface area is 251 Å². The van der Waals surface area contributed by atoms with Crippen molar-refractivity contribution in [2.24, 2.45) is 44.4 Å². The van der Waals surface area contributed by atoms with E-state index in [1.54, 1.807) is 30.3 Å². The van der Waals surface area contributed by atoms with Crippen molar-refractivity contribution in [1.82, 2.24) is 16.0 Å². The maximum Gasteiger partial charge on any atom is 0.326 e. The fraction of sp³-hybridized carbons (Fsp3) is 0.556. The molecule has 0 radical (unpaired) electrons. The third kappa shape index (κ3) is 16.0. The third-order valence-corrected chi connectivity index (χ3v) is 6.36. The molecule has 0 spiro atoms. The Hall–Kier alpha value is -4.44. The normalized spacial score (nSPS) is 13.4. The first-order valence-corrected chi connectivity index (χ1v) is 14.2. The predicted molar refractivity (Wildman–Crippen MR) is 164 cm³/mol. The molecular formula is C27H47N11O5. The number of hydrogen-bond donors (Lipinski definition) is 10. The highest BCUT2D eigenvalue weighted by atomic mass is 16.4. The predicted octanol–water partition coefficient (Wildman–Crippen LogP) is -2.67. The van der Waals surface area contributed by atoms with Gasteiger partial charge in [0.25, 0.3) is 0 Å². The van der Waals surface area contributed by atoms with Crippen LogP contribution in [0.2, 0.25) is 0 Å². The zero-order valence-corrected chi connectivity index (χ0v) is 24.4. The average Bonchev–Trinajstić information content (AvgIpc) is 2.95. The van der Waals surface area contributed by atoms with Crippen LogP contribution in [0, 0.1) is 0 Å². The van der Waals surface area contributed by atoms with Gasteiger partial charge in [-0.2, -0.15) is 0 Å². The second-order valence-corrected chi connectivity index (χ2v) is 10.0. The van der Waals surface area contributed by atoms with Crippen LogP contribution in [-0.4, -0.2) is 84.5 Å². The van der Waals surface area contributed by atoms with E-state index in [1.165, 1.54) is 0 Å². The number of carbonyl (C=O) groups excluding carboxylic acids is 3. The lowest BCUT2D eigenvalue weighted by Crippen LogP contribution is -2.57. The van der Waals surface area contributed by atoms with E-state index in [2.05, 4.69) is 25.9 Å². The van der Waals surface area contributed by atoms with Crippen LogP contribution in [0.4, 0.5) is 0 Å². The van der Waals surface area contributed by atoms with Gasteiger partial charge in [0.2, 0.25) is 17.7 Å². The molecule has 3 amide bonds. The van der Waals surface area contributed by atoms with Gasteiger partial charge in [-0.25, -0.2) is 4.79 Å².